The zero-order valence-electron chi connectivity index (χ0n) is 11.7. The highest BCUT2D eigenvalue weighted by atomic mass is 19.3. The molecule has 0 saturated carbocycles. The zero-order chi connectivity index (χ0) is 17.1. The van der Waals surface area contributed by atoms with E-state index >= 15 is 0 Å². The second-order valence-corrected chi connectivity index (χ2v) is 4.96. The van der Waals surface area contributed by atoms with Crippen molar-refractivity contribution in [1.82, 2.24) is 0 Å². The molecular formula is C14H13F5O3. The number of halogens is 5. The van der Waals surface area contributed by atoms with Crippen LogP contribution >= 0.6 is 0 Å². The Bertz CT molecular complexity index is 595. The molecule has 0 aromatic heterocycles. The highest BCUT2D eigenvalue weighted by Crippen LogP contribution is 2.32. The first-order valence-corrected chi connectivity index (χ1v) is 6.07. The quantitative estimate of drug-likeness (QED) is 0.378. The van der Waals surface area contributed by atoms with Crippen molar-refractivity contribution < 1.29 is 36.9 Å². The average Bonchev–Trinajstić information content (AvgIpc) is 2.49. The van der Waals surface area contributed by atoms with Crippen LogP contribution in [-0.4, -0.2) is 23.4 Å². The molecule has 0 amide bonds. The molecule has 1 N–H and O–H groups in total. The number of aliphatic hydroxyl groups is 1. The van der Waals surface area contributed by atoms with Crippen molar-refractivity contribution in [2.24, 2.45) is 0 Å². The molecule has 8 heteroatoms. The standard InChI is InChI=1S/C14H13F5O3/c1-4-14(2,3)21-6-7(20)5-8-9(15)10(16)11(17)12(18)13(8)22-19/h1,7,20H,5-6H2,2-3H3. The summed E-state index contributed by atoms with van der Waals surface area (Å²) in [5.74, 6) is -7.45. The summed E-state index contributed by atoms with van der Waals surface area (Å²) in [7, 11) is 0. The fourth-order valence-corrected chi connectivity index (χ4v) is 1.56. The molecule has 1 rings (SSSR count). The van der Waals surface area contributed by atoms with Gasteiger partial charge in [0.1, 0.15) is 5.60 Å². The number of aliphatic hydroxyl groups excluding tert-OH is 1. The predicted molar refractivity (Wildman–Crippen MR) is 66.6 cm³/mol. The first-order valence-electron chi connectivity index (χ1n) is 6.07. The summed E-state index contributed by atoms with van der Waals surface area (Å²) in [6.07, 6.45) is 2.88. The Morgan fingerprint density at radius 3 is 2.18 bits per heavy atom. The molecule has 0 spiro atoms. The Morgan fingerprint density at radius 1 is 1.14 bits per heavy atom. The Hall–Kier alpha value is -1.85. The highest BCUT2D eigenvalue weighted by molar-refractivity contribution is 5.38. The Balaban J connectivity index is 3.01. The van der Waals surface area contributed by atoms with Crippen LogP contribution in [0, 0.1) is 35.6 Å². The normalized spacial score (nSPS) is 12.9. The SMILES string of the molecule is C#CC(C)(C)OCC(O)Cc1c(F)c(F)c(F)c(F)c1OF. The van der Waals surface area contributed by atoms with Crippen LogP contribution in [0.4, 0.5) is 22.1 Å². The Kier molecular flexibility index (Phi) is 5.74. The summed E-state index contributed by atoms with van der Waals surface area (Å²) < 4.78 is 70.4. The predicted octanol–water partition coefficient (Wildman–Crippen LogP) is 2.84. The largest absolute Gasteiger partial charge is 0.390 e. The van der Waals surface area contributed by atoms with E-state index in [2.05, 4.69) is 10.9 Å². The smallest absolute Gasteiger partial charge is 0.216 e. The summed E-state index contributed by atoms with van der Waals surface area (Å²) in [4.78, 5) is 3.05. The van der Waals surface area contributed by atoms with Crippen molar-refractivity contribution >= 4 is 0 Å². The molecule has 0 heterocycles. The lowest BCUT2D eigenvalue weighted by molar-refractivity contribution is -0.0309. The van der Waals surface area contributed by atoms with Crippen LogP contribution < -0.4 is 4.94 Å². The number of hydrogen-bond donors (Lipinski definition) is 1. The maximum atomic E-state index is 13.6. The van der Waals surface area contributed by atoms with Crippen LogP contribution in [0.5, 0.6) is 5.75 Å². The molecule has 3 nitrogen and oxygen atoms in total. The van der Waals surface area contributed by atoms with E-state index in [1.165, 1.54) is 13.8 Å². The molecule has 0 radical (unpaired) electrons. The van der Waals surface area contributed by atoms with Crippen molar-refractivity contribution in [3.05, 3.63) is 28.8 Å². The van der Waals surface area contributed by atoms with Crippen molar-refractivity contribution in [2.45, 2.75) is 32.0 Å². The van der Waals surface area contributed by atoms with Gasteiger partial charge in [0.05, 0.1) is 12.7 Å². The molecule has 1 aromatic rings. The zero-order valence-corrected chi connectivity index (χ0v) is 11.7. The lowest BCUT2D eigenvalue weighted by atomic mass is 10.0. The van der Waals surface area contributed by atoms with Crippen LogP contribution in [0.1, 0.15) is 19.4 Å². The molecule has 1 unspecified atom stereocenters. The van der Waals surface area contributed by atoms with Gasteiger partial charge in [-0.15, -0.1) is 6.42 Å². The first-order chi connectivity index (χ1) is 10.1. The van der Waals surface area contributed by atoms with Crippen molar-refractivity contribution in [1.29, 1.82) is 0 Å². The molecule has 22 heavy (non-hydrogen) atoms. The minimum Gasteiger partial charge on any atom is -0.390 e. The highest BCUT2D eigenvalue weighted by Gasteiger charge is 2.29. The van der Waals surface area contributed by atoms with Crippen molar-refractivity contribution in [3.63, 3.8) is 0 Å². The van der Waals surface area contributed by atoms with E-state index < -0.39 is 59.3 Å². The molecule has 0 fully saturated rings. The van der Waals surface area contributed by atoms with Crippen molar-refractivity contribution in [2.75, 3.05) is 6.61 Å². The average molecular weight is 324 g/mol. The molecule has 0 aliphatic rings. The second kappa shape index (κ2) is 6.94. The lowest BCUT2D eigenvalue weighted by Crippen LogP contribution is -2.29. The van der Waals surface area contributed by atoms with E-state index in [0.29, 0.717) is 0 Å². The van der Waals surface area contributed by atoms with Crippen LogP contribution in [0.3, 0.4) is 0 Å². The van der Waals surface area contributed by atoms with Gasteiger partial charge in [-0.05, 0) is 13.8 Å². The number of rotatable bonds is 6. The Labute approximate surface area is 123 Å². The van der Waals surface area contributed by atoms with Crippen LogP contribution in [0.15, 0.2) is 0 Å². The molecule has 0 aliphatic heterocycles. The van der Waals surface area contributed by atoms with E-state index in [0.717, 1.165) is 0 Å². The Morgan fingerprint density at radius 2 is 1.68 bits per heavy atom. The molecule has 1 aromatic carbocycles. The first kappa shape index (κ1) is 18.2. The summed E-state index contributed by atoms with van der Waals surface area (Å²) in [5, 5.41) is 9.68. The minimum atomic E-state index is -2.21. The van der Waals surface area contributed by atoms with E-state index in [4.69, 9.17) is 11.2 Å². The fourth-order valence-electron chi connectivity index (χ4n) is 1.56. The van der Waals surface area contributed by atoms with Gasteiger partial charge in [0.15, 0.2) is 11.6 Å². The third-order valence-electron chi connectivity index (χ3n) is 2.82. The summed E-state index contributed by atoms with van der Waals surface area (Å²) in [6, 6.07) is 0. The maximum Gasteiger partial charge on any atom is 0.216 e. The number of benzene rings is 1. The van der Waals surface area contributed by atoms with E-state index in [9.17, 15) is 27.2 Å². The van der Waals surface area contributed by atoms with Crippen LogP contribution in [0.25, 0.3) is 0 Å². The summed E-state index contributed by atoms with van der Waals surface area (Å²) >= 11 is 0. The third kappa shape index (κ3) is 3.87. The maximum absolute atomic E-state index is 13.6. The summed E-state index contributed by atoms with van der Waals surface area (Å²) in [5.41, 5.74) is -2.04. The van der Waals surface area contributed by atoms with Crippen molar-refractivity contribution in [3.8, 4) is 18.1 Å². The van der Waals surface area contributed by atoms with Gasteiger partial charge in [0.2, 0.25) is 17.4 Å². The molecule has 0 bridgehead atoms. The van der Waals surface area contributed by atoms with Gasteiger partial charge < -0.3 is 9.84 Å². The fraction of sp³-hybridized carbons (Fsp3) is 0.429. The van der Waals surface area contributed by atoms with Gasteiger partial charge in [-0.2, -0.15) is 4.39 Å². The second-order valence-electron chi connectivity index (χ2n) is 4.96. The number of hydrogen-bond acceptors (Lipinski definition) is 3. The third-order valence-corrected chi connectivity index (χ3v) is 2.82. The lowest BCUT2D eigenvalue weighted by Gasteiger charge is -2.21. The molecular weight excluding hydrogens is 311 g/mol. The topological polar surface area (TPSA) is 38.7 Å². The van der Waals surface area contributed by atoms with E-state index in [1.54, 1.807) is 0 Å². The molecule has 122 valence electrons. The molecule has 0 saturated heterocycles. The van der Waals surface area contributed by atoms with Gasteiger partial charge in [-0.3, -0.25) is 4.94 Å². The number of ether oxygens (including phenoxy) is 1. The van der Waals surface area contributed by atoms with E-state index in [1.807, 2.05) is 0 Å². The number of terminal acetylenes is 1. The van der Waals surface area contributed by atoms with Crippen LogP contribution in [0.2, 0.25) is 0 Å². The van der Waals surface area contributed by atoms with Gasteiger partial charge in [0, 0.05) is 16.5 Å². The van der Waals surface area contributed by atoms with Gasteiger partial charge in [0.25, 0.3) is 0 Å². The monoisotopic (exact) mass is 324 g/mol. The van der Waals surface area contributed by atoms with Gasteiger partial charge in [-0.25, -0.2) is 13.2 Å². The van der Waals surface area contributed by atoms with Gasteiger partial charge >= 0.3 is 0 Å². The van der Waals surface area contributed by atoms with Crippen LogP contribution in [-0.2, 0) is 11.2 Å². The van der Waals surface area contributed by atoms with Gasteiger partial charge in [-0.1, -0.05) is 5.92 Å². The molecule has 1 atom stereocenters. The minimum absolute atomic E-state index is 0.428. The summed E-state index contributed by atoms with van der Waals surface area (Å²) in [6.45, 7) is 2.59. The van der Waals surface area contributed by atoms with E-state index in [-0.39, 0.29) is 0 Å². The molecule has 0 aliphatic carbocycles.